The highest BCUT2D eigenvalue weighted by Crippen LogP contribution is 2.48. The van der Waals surface area contributed by atoms with Gasteiger partial charge in [0.15, 0.2) is 0 Å². The van der Waals surface area contributed by atoms with Crippen LogP contribution in [-0.2, 0) is 0 Å². The van der Waals surface area contributed by atoms with E-state index in [9.17, 15) is 10.2 Å². The second-order valence-corrected chi connectivity index (χ2v) is 10.9. The SMILES string of the molecule is CC.CCC1CC(O)C(C)CC1SC1CC(C(C)(C)C)C(O)CC1C. The third kappa shape index (κ3) is 6.14. The number of aliphatic hydroxyl groups is 2. The first kappa shape index (κ1) is 23.3. The van der Waals surface area contributed by atoms with E-state index in [4.69, 9.17) is 0 Å². The smallest absolute Gasteiger partial charge is 0.0576 e. The molecule has 2 rings (SSSR count). The van der Waals surface area contributed by atoms with Crippen molar-refractivity contribution in [3.05, 3.63) is 0 Å². The van der Waals surface area contributed by atoms with E-state index in [1.165, 1.54) is 6.42 Å². The molecule has 0 aromatic carbocycles. The first-order valence-electron chi connectivity index (χ1n) is 10.6. The molecule has 0 bridgehead atoms. The monoisotopic (exact) mass is 372 g/mol. The topological polar surface area (TPSA) is 40.5 Å². The Bertz CT molecular complexity index is 379. The van der Waals surface area contributed by atoms with Gasteiger partial charge in [-0.2, -0.15) is 11.8 Å². The van der Waals surface area contributed by atoms with Crippen molar-refractivity contribution in [2.45, 2.75) is 110 Å². The van der Waals surface area contributed by atoms with E-state index in [0.29, 0.717) is 34.2 Å². The molecule has 8 atom stereocenters. The van der Waals surface area contributed by atoms with Gasteiger partial charge in [-0.05, 0) is 54.8 Å². The Kier molecular flexibility index (Phi) is 9.31. The average molecular weight is 373 g/mol. The maximum atomic E-state index is 10.5. The number of hydrogen-bond donors (Lipinski definition) is 2. The molecule has 0 amide bonds. The molecule has 2 aliphatic rings. The van der Waals surface area contributed by atoms with Crippen molar-refractivity contribution in [3.63, 3.8) is 0 Å². The van der Waals surface area contributed by atoms with Crippen molar-refractivity contribution in [1.82, 2.24) is 0 Å². The minimum absolute atomic E-state index is 0.107. The van der Waals surface area contributed by atoms with E-state index in [1.807, 2.05) is 13.8 Å². The van der Waals surface area contributed by atoms with E-state index >= 15 is 0 Å². The van der Waals surface area contributed by atoms with Crippen LogP contribution in [0.1, 0.15) is 87.5 Å². The Hall–Kier alpha value is 0.270. The summed E-state index contributed by atoms with van der Waals surface area (Å²) in [5.74, 6) is 2.08. The summed E-state index contributed by atoms with van der Waals surface area (Å²) in [6.07, 6.45) is 5.13. The van der Waals surface area contributed by atoms with Crippen LogP contribution in [0.3, 0.4) is 0 Å². The minimum Gasteiger partial charge on any atom is -0.393 e. The molecule has 0 saturated heterocycles. The lowest BCUT2D eigenvalue weighted by Gasteiger charge is -2.46. The van der Waals surface area contributed by atoms with Crippen molar-refractivity contribution < 1.29 is 10.2 Å². The van der Waals surface area contributed by atoms with Gasteiger partial charge in [-0.3, -0.25) is 0 Å². The highest BCUT2D eigenvalue weighted by molar-refractivity contribution is 8.00. The van der Waals surface area contributed by atoms with Gasteiger partial charge in [0.05, 0.1) is 12.2 Å². The van der Waals surface area contributed by atoms with Crippen LogP contribution in [0.5, 0.6) is 0 Å². The molecule has 0 aromatic heterocycles. The van der Waals surface area contributed by atoms with Crippen molar-refractivity contribution in [1.29, 1.82) is 0 Å². The van der Waals surface area contributed by atoms with Crippen LogP contribution < -0.4 is 0 Å². The molecule has 2 nitrogen and oxygen atoms in total. The van der Waals surface area contributed by atoms with Crippen LogP contribution >= 0.6 is 11.8 Å². The molecule has 0 aliphatic heterocycles. The van der Waals surface area contributed by atoms with E-state index in [-0.39, 0.29) is 17.6 Å². The molecule has 0 aromatic rings. The van der Waals surface area contributed by atoms with E-state index in [2.05, 4.69) is 53.3 Å². The van der Waals surface area contributed by atoms with E-state index < -0.39 is 0 Å². The van der Waals surface area contributed by atoms with E-state index in [1.54, 1.807) is 0 Å². The summed E-state index contributed by atoms with van der Waals surface area (Å²) in [6, 6.07) is 0. The van der Waals surface area contributed by atoms with Gasteiger partial charge in [-0.25, -0.2) is 0 Å². The first-order chi connectivity index (χ1) is 11.6. The zero-order valence-corrected chi connectivity index (χ0v) is 18.8. The molecule has 0 radical (unpaired) electrons. The van der Waals surface area contributed by atoms with Gasteiger partial charge in [0.1, 0.15) is 0 Å². The largest absolute Gasteiger partial charge is 0.393 e. The van der Waals surface area contributed by atoms with Crippen molar-refractivity contribution in [3.8, 4) is 0 Å². The summed E-state index contributed by atoms with van der Waals surface area (Å²) in [6.45, 7) is 17.6. The molecular weight excluding hydrogens is 328 g/mol. The molecule has 2 N–H and O–H groups in total. The summed E-state index contributed by atoms with van der Waals surface area (Å²) in [5, 5.41) is 22.1. The lowest BCUT2D eigenvalue weighted by molar-refractivity contribution is -0.00314. The zero-order chi connectivity index (χ0) is 19.4. The Balaban J connectivity index is 0.00000151. The predicted octanol–water partition coefficient (Wildman–Crippen LogP) is 5.75. The van der Waals surface area contributed by atoms with Crippen LogP contribution in [0, 0.1) is 29.1 Å². The third-order valence-electron chi connectivity index (χ3n) is 6.52. The summed E-state index contributed by atoms with van der Waals surface area (Å²) in [7, 11) is 0. The molecule has 0 heterocycles. The molecule has 0 spiro atoms. The molecule has 8 unspecified atom stereocenters. The Morgan fingerprint density at radius 2 is 1.44 bits per heavy atom. The summed E-state index contributed by atoms with van der Waals surface area (Å²) < 4.78 is 0. The molecule has 2 fully saturated rings. The highest BCUT2D eigenvalue weighted by atomic mass is 32.2. The number of rotatable bonds is 3. The molecule has 2 aliphatic carbocycles. The first-order valence-corrected chi connectivity index (χ1v) is 11.6. The van der Waals surface area contributed by atoms with Crippen LogP contribution in [0.4, 0.5) is 0 Å². The van der Waals surface area contributed by atoms with Gasteiger partial charge in [0.2, 0.25) is 0 Å². The standard InChI is InChI=1S/C20H38O2S.C2H6/c1-7-14-10-16(21)12(2)9-19(14)23-18-11-15(20(4,5)6)17(22)8-13(18)3;1-2/h12-19,21-22H,7-11H2,1-6H3;1-2H3. The van der Waals surface area contributed by atoms with Crippen molar-refractivity contribution >= 4 is 11.8 Å². The Morgan fingerprint density at radius 1 is 0.840 bits per heavy atom. The second kappa shape index (κ2) is 9.99. The number of thioether (sulfide) groups is 1. The fraction of sp³-hybridized carbons (Fsp3) is 1.00. The fourth-order valence-electron chi connectivity index (χ4n) is 4.69. The van der Waals surface area contributed by atoms with Crippen LogP contribution in [0.15, 0.2) is 0 Å². The summed E-state index contributed by atoms with van der Waals surface area (Å²) >= 11 is 2.19. The predicted molar refractivity (Wildman–Crippen MR) is 112 cm³/mol. The second-order valence-electron chi connectivity index (χ2n) is 9.39. The quantitative estimate of drug-likeness (QED) is 0.662. The zero-order valence-electron chi connectivity index (χ0n) is 18.0. The van der Waals surface area contributed by atoms with Gasteiger partial charge in [-0.1, -0.05) is 61.8 Å². The van der Waals surface area contributed by atoms with E-state index in [0.717, 1.165) is 25.7 Å². The van der Waals surface area contributed by atoms with Crippen molar-refractivity contribution in [2.75, 3.05) is 0 Å². The minimum atomic E-state index is -0.143. The van der Waals surface area contributed by atoms with Gasteiger partial charge >= 0.3 is 0 Å². The fourth-order valence-corrected chi connectivity index (χ4v) is 6.78. The van der Waals surface area contributed by atoms with Gasteiger partial charge in [0.25, 0.3) is 0 Å². The maximum Gasteiger partial charge on any atom is 0.0576 e. The van der Waals surface area contributed by atoms with Gasteiger partial charge < -0.3 is 10.2 Å². The average Bonchev–Trinajstić information content (AvgIpc) is 2.53. The molecular formula is C22H44O2S. The number of hydrogen-bond acceptors (Lipinski definition) is 3. The maximum absolute atomic E-state index is 10.5. The summed E-state index contributed by atoms with van der Waals surface area (Å²) in [4.78, 5) is 0. The Labute approximate surface area is 161 Å². The molecule has 25 heavy (non-hydrogen) atoms. The van der Waals surface area contributed by atoms with Crippen LogP contribution in [-0.4, -0.2) is 32.9 Å². The van der Waals surface area contributed by atoms with Gasteiger partial charge in [-0.15, -0.1) is 0 Å². The third-order valence-corrected chi connectivity index (χ3v) is 8.45. The Morgan fingerprint density at radius 3 is 1.96 bits per heavy atom. The van der Waals surface area contributed by atoms with Gasteiger partial charge in [0, 0.05) is 10.5 Å². The normalized spacial score (nSPS) is 42.5. The van der Waals surface area contributed by atoms with Crippen LogP contribution in [0.25, 0.3) is 0 Å². The highest BCUT2D eigenvalue weighted by Gasteiger charge is 2.42. The molecule has 2 saturated carbocycles. The number of aliphatic hydroxyl groups excluding tert-OH is 2. The molecule has 3 heteroatoms. The lowest BCUT2D eigenvalue weighted by atomic mass is 9.68. The van der Waals surface area contributed by atoms with Crippen molar-refractivity contribution in [2.24, 2.45) is 29.1 Å². The van der Waals surface area contributed by atoms with Crippen LogP contribution in [0.2, 0.25) is 0 Å². The summed E-state index contributed by atoms with van der Waals surface area (Å²) in [5.41, 5.74) is 0.179. The lowest BCUT2D eigenvalue weighted by Crippen LogP contribution is -2.44. The molecule has 150 valence electrons.